The van der Waals surface area contributed by atoms with Gasteiger partial charge in [-0.2, -0.15) is 5.26 Å². The summed E-state index contributed by atoms with van der Waals surface area (Å²) in [5, 5.41) is 9.23. The van der Waals surface area contributed by atoms with Crippen LogP contribution in [0.1, 0.15) is 42.5 Å². The first-order valence-corrected chi connectivity index (χ1v) is 6.26. The van der Waals surface area contributed by atoms with E-state index < -0.39 is 0 Å². The molecule has 0 amide bonds. The average molecular weight is 270 g/mol. The number of hydrogen-bond acceptors (Lipinski definition) is 2. The molecule has 0 aliphatic carbocycles. The Bertz CT molecular complexity index is 438. The van der Waals surface area contributed by atoms with Crippen molar-refractivity contribution in [3.8, 4) is 6.07 Å². The molecule has 0 fully saturated rings. The second-order valence-electron chi connectivity index (χ2n) is 3.77. The highest BCUT2D eigenvalue weighted by Crippen LogP contribution is 2.23. The number of ketones is 1. The predicted octanol–water partition coefficient (Wildman–Crippen LogP) is 4.65. The highest BCUT2D eigenvalue weighted by Gasteiger charge is 2.07. The van der Waals surface area contributed by atoms with Gasteiger partial charge in [-0.15, -0.1) is 0 Å². The number of benzene rings is 1. The molecule has 0 saturated carbocycles. The van der Waals surface area contributed by atoms with E-state index in [4.69, 9.17) is 28.5 Å². The molecule has 1 aromatic carbocycles. The van der Waals surface area contributed by atoms with Gasteiger partial charge >= 0.3 is 0 Å². The highest BCUT2D eigenvalue weighted by molar-refractivity contribution is 6.42. The summed E-state index contributed by atoms with van der Waals surface area (Å²) in [4.78, 5) is 11.8. The van der Waals surface area contributed by atoms with Crippen LogP contribution in [0.25, 0.3) is 0 Å². The van der Waals surface area contributed by atoms with Gasteiger partial charge in [0.2, 0.25) is 0 Å². The summed E-state index contributed by atoms with van der Waals surface area (Å²) in [6.07, 6.45) is 3.61. The molecule has 0 radical (unpaired) electrons. The van der Waals surface area contributed by atoms with Gasteiger partial charge in [0.15, 0.2) is 5.78 Å². The zero-order chi connectivity index (χ0) is 12.7. The van der Waals surface area contributed by atoms with Crippen molar-refractivity contribution in [3.05, 3.63) is 33.8 Å². The Hall–Kier alpha value is -1.04. The molecular formula is C13H13Cl2NO. The number of unbranched alkanes of at least 4 members (excludes halogenated alkanes) is 3. The number of nitrogens with zero attached hydrogens (tertiary/aromatic N) is 1. The lowest BCUT2D eigenvalue weighted by Crippen LogP contribution is -1.98. The topological polar surface area (TPSA) is 40.9 Å². The Labute approximate surface area is 111 Å². The van der Waals surface area contributed by atoms with Crippen LogP contribution in [0.3, 0.4) is 0 Å². The first kappa shape index (κ1) is 14.0. The smallest absolute Gasteiger partial charge is 0.162 e. The molecule has 17 heavy (non-hydrogen) atoms. The van der Waals surface area contributed by atoms with Crippen LogP contribution >= 0.6 is 23.2 Å². The standard InChI is InChI=1S/C13H13Cl2NO/c14-11-7-6-10(9-12(11)15)13(17)5-3-1-2-4-8-16/h6-7,9H,1-5H2. The number of carbonyl (C=O) groups excluding carboxylic acids is 1. The van der Waals surface area contributed by atoms with Crippen molar-refractivity contribution in [2.24, 2.45) is 0 Å². The third-order valence-corrected chi connectivity index (χ3v) is 3.17. The Morgan fingerprint density at radius 2 is 1.94 bits per heavy atom. The van der Waals surface area contributed by atoms with E-state index in [1.165, 1.54) is 0 Å². The van der Waals surface area contributed by atoms with Gasteiger partial charge < -0.3 is 0 Å². The van der Waals surface area contributed by atoms with Gasteiger partial charge in [-0.1, -0.05) is 29.6 Å². The molecule has 0 bridgehead atoms. The second kappa shape index (κ2) is 7.32. The van der Waals surface area contributed by atoms with Crippen molar-refractivity contribution in [3.63, 3.8) is 0 Å². The van der Waals surface area contributed by atoms with Gasteiger partial charge in [-0.05, 0) is 31.0 Å². The van der Waals surface area contributed by atoms with E-state index in [9.17, 15) is 4.79 Å². The number of hydrogen-bond donors (Lipinski definition) is 0. The molecule has 0 N–H and O–H groups in total. The fourth-order valence-electron chi connectivity index (χ4n) is 1.48. The number of carbonyl (C=O) groups is 1. The van der Waals surface area contributed by atoms with Crippen LogP contribution in [-0.2, 0) is 0 Å². The van der Waals surface area contributed by atoms with Crippen LogP contribution in [0.2, 0.25) is 10.0 Å². The molecule has 0 saturated heterocycles. The van der Waals surface area contributed by atoms with E-state index in [0.717, 1.165) is 19.3 Å². The second-order valence-corrected chi connectivity index (χ2v) is 4.59. The van der Waals surface area contributed by atoms with Crippen LogP contribution in [0, 0.1) is 11.3 Å². The lowest BCUT2D eigenvalue weighted by atomic mass is 10.0. The maximum atomic E-state index is 11.8. The van der Waals surface area contributed by atoms with Crippen molar-refractivity contribution in [2.45, 2.75) is 32.1 Å². The van der Waals surface area contributed by atoms with Crippen LogP contribution in [0.5, 0.6) is 0 Å². The van der Waals surface area contributed by atoms with Crippen LogP contribution in [0.4, 0.5) is 0 Å². The zero-order valence-electron chi connectivity index (χ0n) is 9.38. The molecule has 0 aromatic heterocycles. The van der Waals surface area contributed by atoms with Crippen molar-refractivity contribution in [1.82, 2.24) is 0 Å². The lowest BCUT2D eigenvalue weighted by Gasteiger charge is -2.02. The number of rotatable bonds is 6. The Morgan fingerprint density at radius 3 is 2.59 bits per heavy atom. The predicted molar refractivity (Wildman–Crippen MR) is 69.5 cm³/mol. The van der Waals surface area contributed by atoms with E-state index >= 15 is 0 Å². The Balaban J connectivity index is 2.42. The monoisotopic (exact) mass is 269 g/mol. The average Bonchev–Trinajstić information content (AvgIpc) is 2.32. The van der Waals surface area contributed by atoms with Gasteiger partial charge in [-0.3, -0.25) is 4.79 Å². The minimum atomic E-state index is 0.0699. The lowest BCUT2D eigenvalue weighted by molar-refractivity contribution is 0.0979. The summed E-state index contributed by atoms with van der Waals surface area (Å²) in [7, 11) is 0. The molecule has 90 valence electrons. The third-order valence-electron chi connectivity index (χ3n) is 2.43. The largest absolute Gasteiger partial charge is 0.294 e. The molecule has 0 heterocycles. The van der Waals surface area contributed by atoms with Gasteiger partial charge in [-0.25, -0.2) is 0 Å². The molecule has 0 aliphatic heterocycles. The van der Waals surface area contributed by atoms with Crippen molar-refractivity contribution in [1.29, 1.82) is 5.26 Å². The summed E-state index contributed by atoms with van der Waals surface area (Å²) in [5.41, 5.74) is 0.597. The number of Topliss-reactive ketones (excluding diaryl/α,β-unsaturated/α-hetero) is 1. The minimum absolute atomic E-state index is 0.0699. The van der Waals surface area contributed by atoms with Crippen LogP contribution < -0.4 is 0 Å². The number of nitriles is 1. The van der Waals surface area contributed by atoms with Gasteiger partial charge in [0.1, 0.15) is 0 Å². The first-order chi connectivity index (χ1) is 8.15. The normalized spacial score (nSPS) is 9.94. The molecule has 0 unspecified atom stereocenters. The molecule has 2 nitrogen and oxygen atoms in total. The van der Waals surface area contributed by atoms with Gasteiger partial charge in [0.25, 0.3) is 0 Å². The van der Waals surface area contributed by atoms with Crippen LogP contribution in [-0.4, -0.2) is 5.78 Å². The van der Waals surface area contributed by atoms with E-state index in [1.54, 1.807) is 18.2 Å². The van der Waals surface area contributed by atoms with E-state index in [-0.39, 0.29) is 5.78 Å². The minimum Gasteiger partial charge on any atom is -0.294 e. The summed E-state index contributed by atoms with van der Waals surface area (Å²) < 4.78 is 0. The van der Waals surface area contributed by atoms with Gasteiger partial charge in [0.05, 0.1) is 16.1 Å². The Morgan fingerprint density at radius 1 is 1.18 bits per heavy atom. The summed E-state index contributed by atoms with van der Waals surface area (Å²) >= 11 is 11.6. The number of halogens is 2. The molecule has 0 atom stereocenters. The van der Waals surface area contributed by atoms with Crippen molar-refractivity contribution < 1.29 is 4.79 Å². The molecule has 0 aliphatic rings. The molecule has 0 spiro atoms. The highest BCUT2D eigenvalue weighted by atomic mass is 35.5. The summed E-state index contributed by atoms with van der Waals surface area (Å²) in [5.74, 6) is 0.0699. The van der Waals surface area contributed by atoms with Gasteiger partial charge in [0, 0.05) is 18.4 Å². The summed E-state index contributed by atoms with van der Waals surface area (Å²) in [6, 6.07) is 7.00. The van der Waals surface area contributed by atoms with E-state index in [0.29, 0.717) is 28.5 Å². The fraction of sp³-hybridized carbons (Fsp3) is 0.385. The maximum Gasteiger partial charge on any atom is 0.162 e. The molecule has 1 rings (SSSR count). The SMILES string of the molecule is N#CCCCCCC(=O)c1ccc(Cl)c(Cl)c1. The molecular weight excluding hydrogens is 257 g/mol. The Kier molecular flexibility index (Phi) is 6.04. The first-order valence-electron chi connectivity index (χ1n) is 5.50. The third kappa shape index (κ3) is 4.77. The van der Waals surface area contributed by atoms with E-state index in [2.05, 4.69) is 6.07 Å². The zero-order valence-corrected chi connectivity index (χ0v) is 10.9. The quantitative estimate of drug-likeness (QED) is 0.557. The van der Waals surface area contributed by atoms with Crippen LogP contribution in [0.15, 0.2) is 18.2 Å². The molecule has 4 heteroatoms. The van der Waals surface area contributed by atoms with Crippen molar-refractivity contribution in [2.75, 3.05) is 0 Å². The van der Waals surface area contributed by atoms with Crippen molar-refractivity contribution >= 4 is 29.0 Å². The summed E-state index contributed by atoms with van der Waals surface area (Å²) in [6.45, 7) is 0. The van der Waals surface area contributed by atoms with E-state index in [1.807, 2.05) is 0 Å². The molecule has 1 aromatic rings. The maximum absolute atomic E-state index is 11.8. The fourth-order valence-corrected chi connectivity index (χ4v) is 1.78.